The lowest BCUT2D eigenvalue weighted by Crippen LogP contribution is -2.08. The molecule has 0 aliphatic heterocycles. The minimum Gasteiger partial charge on any atom is -0.383 e. The summed E-state index contributed by atoms with van der Waals surface area (Å²) in [4.78, 5) is 12.5. The third-order valence-electron chi connectivity index (χ3n) is 2.40. The van der Waals surface area contributed by atoms with Crippen molar-refractivity contribution in [1.29, 1.82) is 0 Å². The second-order valence-electron chi connectivity index (χ2n) is 3.67. The molecule has 2 heterocycles. The number of nitrogens with one attached hydrogen (secondary N) is 1. The van der Waals surface area contributed by atoms with Gasteiger partial charge in [-0.2, -0.15) is 0 Å². The fourth-order valence-electron chi connectivity index (χ4n) is 1.57. The summed E-state index contributed by atoms with van der Waals surface area (Å²) in [5.74, 6) is 1.37. The fraction of sp³-hybridized carbons (Fsp3) is 0.364. The van der Waals surface area contributed by atoms with Crippen LogP contribution in [0.1, 0.15) is 24.6 Å². The third-order valence-corrected chi connectivity index (χ3v) is 3.03. The molecule has 90 valence electrons. The van der Waals surface area contributed by atoms with E-state index in [-0.39, 0.29) is 0 Å². The molecule has 2 rings (SSSR count). The van der Waals surface area contributed by atoms with Gasteiger partial charge in [0.1, 0.15) is 18.0 Å². The molecule has 3 N–H and O–H groups in total. The highest BCUT2D eigenvalue weighted by Gasteiger charge is 2.08. The Labute approximate surface area is 104 Å². The van der Waals surface area contributed by atoms with Crippen LogP contribution < -0.4 is 11.1 Å². The number of hydrogen-bond donors (Lipinski definition) is 2. The predicted octanol–water partition coefficient (Wildman–Crippen LogP) is 2.08. The SMILES string of the molecule is CCCc1c(N)ncnc1NCc1cscn1. The van der Waals surface area contributed by atoms with Crippen LogP contribution in [0.25, 0.3) is 0 Å². The van der Waals surface area contributed by atoms with Crippen LogP contribution in [0.5, 0.6) is 0 Å². The Hall–Kier alpha value is -1.69. The largest absolute Gasteiger partial charge is 0.383 e. The average molecular weight is 249 g/mol. The van der Waals surface area contributed by atoms with E-state index in [1.807, 2.05) is 10.9 Å². The van der Waals surface area contributed by atoms with Crippen molar-refractivity contribution >= 4 is 23.0 Å². The highest BCUT2D eigenvalue weighted by molar-refractivity contribution is 7.07. The zero-order valence-electron chi connectivity index (χ0n) is 9.68. The van der Waals surface area contributed by atoms with E-state index in [1.165, 1.54) is 6.33 Å². The van der Waals surface area contributed by atoms with Crippen molar-refractivity contribution in [2.24, 2.45) is 0 Å². The summed E-state index contributed by atoms with van der Waals surface area (Å²) in [7, 11) is 0. The quantitative estimate of drug-likeness (QED) is 0.848. The maximum absolute atomic E-state index is 5.85. The summed E-state index contributed by atoms with van der Waals surface area (Å²) >= 11 is 1.58. The number of thiazole rings is 1. The molecular weight excluding hydrogens is 234 g/mol. The third kappa shape index (κ3) is 2.91. The zero-order chi connectivity index (χ0) is 12.1. The molecule has 0 aliphatic carbocycles. The van der Waals surface area contributed by atoms with Gasteiger partial charge in [0.05, 0.1) is 17.7 Å². The van der Waals surface area contributed by atoms with Crippen LogP contribution in [-0.4, -0.2) is 15.0 Å². The van der Waals surface area contributed by atoms with Gasteiger partial charge in [0, 0.05) is 10.9 Å². The molecule has 2 aromatic rings. The Balaban J connectivity index is 2.11. The summed E-state index contributed by atoms with van der Waals surface area (Å²) in [5, 5.41) is 5.27. The van der Waals surface area contributed by atoms with E-state index < -0.39 is 0 Å². The van der Waals surface area contributed by atoms with Crippen LogP contribution in [0.15, 0.2) is 17.2 Å². The maximum atomic E-state index is 5.85. The first-order valence-electron chi connectivity index (χ1n) is 5.51. The predicted molar refractivity (Wildman–Crippen MR) is 69.9 cm³/mol. The van der Waals surface area contributed by atoms with E-state index in [4.69, 9.17) is 5.73 Å². The highest BCUT2D eigenvalue weighted by atomic mass is 32.1. The summed E-state index contributed by atoms with van der Waals surface area (Å²) in [5.41, 5.74) is 9.67. The van der Waals surface area contributed by atoms with E-state index in [2.05, 4.69) is 27.2 Å². The summed E-state index contributed by atoms with van der Waals surface area (Å²) in [6, 6.07) is 0. The van der Waals surface area contributed by atoms with Crippen molar-refractivity contribution < 1.29 is 0 Å². The van der Waals surface area contributed by atoms with Gasteiger partial charge >= 0.3 is 0 Å². The van der Waals surface area contributed by atoms with Gasteiger partial charge < -0.3 is 11.1 Å². The Morgan fingerprint density at radius 1 is 1.35 bits per heavy atom. The molecule has 2 aromatic heterocycles. The molecule has 6 heteroatoms. The fourth-order valence-corrected chi connectivity index (χ4v) is 2.13. The van der Waals surface area contributed by atoms with Gasteiger partial charge in [0.25, 0.3) is 0 Å². The molecular formula is C11H15N5S. The Morgan fingerprint density at radius 2 is 2.24 bits per heavy atom. The van der Waals surface area contributed by atoms with Crippen molar-refractivity contribution in [2.45, 2.75) is 26.3 Å². The zero-order valence-corrected chi connectivity index (χ0v) is 10.5. The van der Waals surface area contributed by atoms with Crippen LogP contribution in [0.3, 0.4) is 0 Å². The van der Waals surface area contributed by atoms with E-state index in [0.29, 0.717) is 12.4 Å². The van der Waals surface area contributed by atoms with Gasteiger partial charge in [-0.05, 0) is 6.42 Å². The Kier molecular flexibility index (Phi) is 3.87. The first kappa shape index (κ1) is 11.8. The number of nitrogens with zero attached hydrogens (tertiary/aromatic N) is 3. The van der Waals surface area contributed by atoms with Gasteiger partial charge in [-0.1, -0.05) is 13.3 Å². The molecule has 0 unspecified atom stereocenters. The van der Waals surface area contributed by atoms with E-state index in [1.54, 1.807) is 11.3 Å². The summed E-state index contributed by atoms with van der Waals surface area (Å²) < 4.78 is 0. The van der Waals surface area contributed by atoms with Crippen LogP contribution in [-0.2, 0) is 13.0 Å². The molecule has 0 bridgehead atoms. The molecule has 0 amide bonds. The van der Waals surface area contributed by atoms with Gasteiger partial charge in [0.15, 0.2) is 0 Å². The molecule has 0 saturated carbocycles. The highest BCUT2D eigenvalue weighted by Crippen LogP contribution is 2.19. The standard InChI is InChI=1S/C11H15N5S/c1-2-3-9-10(12)14-6-15-11(9)13-4-8-5-17-7-16-8/h5-7H,2-4H2,1H3,(H3,12,13,14,15). The second kappa shape index (κ2) is 5.58. The van der Waals surface area contributed by atoms with Gasteiger partial charge in [-0.3, -0.25) is 0 Å². The topological polar surface area (TPSA) is 76.7 Å². The molecule has 17 heavy (non-hydrogen) atoms. The maximum Gasteiger partial charge on any atom is 0.135 e. The smallest absolute Gasteiger partial charge is 0.135 e. The van der Waals surface area contributed by atoms with E-state index in [0.717, 1.165) is 29.9 Å². The second-order valence-corrected chi connectivity index (χ2v) is 4.39. The van der Waals surface area contributed by atoms with Crippen molar-refractivity contribution in [2.75, 3.05) is 11.1 Å². The number of rotatable bonds is 5. The van der Waals surface area contributed by atoms with Gasteiger partial charge in [-0.15, -0.1) is 11.3 Å². The molecule has 0 aromatic carbocycles. The van der Waals surface area contributed by atoms with Gasteiger partial charge in [-0.25, -0.2) is 15.0 Å². The molecule has 0 atom stereocenters. The molecule has 0 radical (unpaired) electrons. The lowest BCUT2D eigenvalue weighted by molar-refractivity contribution is 0.899. The van der Waals surface area contributed by atoms with Crippen LogP contribution >= 0.6 is 11.3 Å². The Morgan fingerprint density at radius 3 is 2.94 bits per heavy atom. The Bertz CT molecular complexity index is 469. The molecule has 5 nitrogen and oxygen atoms in total. The minimum atomic E-state index is 0.558. The van der Waals surface area contributed by atoms with E-state index in [9.17, 15) is 0 Å². The van der Waals surface area contributed by atoms with E-state index >= 15 is 0 Å². The first-order chi connectivity index (χ1) is 8.31. The van der Waals surface area contributed by atoms with Crippen molar-refractivity contribution in [1.82, 2.24) is 15.0 Å². The molecule has 0 fully saturated rings. The van der Waals surface area contributed by atoms with Crippen LogP contribution in [0.2, 0.25) is 0 Å². The number of nitrogen functional groups attached to an aromatic ring is 1. The summed E-state index contributed by atoms with van der Waals surface area (Å²) in [6.07, 6.45) is 3.38. The minimum absolute atomic E-state index is 0.558. The van der Waals surface area contributed by atoms with Crippen molar-refractivity contribution in [3.8, 4) is 0 Å². The van der Waals surface area contributed by atoms with Crippen molar-refractivity contribution in [3.63, 3.8) is 0 Å². The average Bonchev–Trinajstić information content (AvgIpc) is 2.83. The molecule has 0 aliphatic rings. The lowest BCUT2D eigenvalue weighted by atomic mass is 10.1. The van der Waals surface area contributed by atoms with Crippen LogP contribution in [0.4, 0.5) is 11.6 Å². The lowest BCUT2D eigenvalue weighted by Gasteiger charge is -2.10. The summed E-state index contributed by atoms with van der Waals surface area (Å²) in [6.45, 7) is 2.77. The number of anilines is 2. The van der Waals surface area contributed by atoms with Crippen LogP contribution in [0, 0.1) is 0 Å². The van der Waals surface area contributed by atoms with Gasteiger partial charge in [0.2, 0.25) is 0 Å². The molecule has 0 spiro atoms. The first-order valence-corrected chi connectivity index (χ1v) is 6.45. The normalized spacial score (nSPS) is 10.4. The number of aromatic nitrogens is 3. The molecule has 0 saturated heterocycles. The van der Waals surface area contributed by atoms with Crippen molar-refractivity contribution in [3.05, 3.63) is 28.5 Å². The monoisotopic (exact) mass is 249 g/mol. The number of hydrogen-bond acceptors (Lipinski definition) is 6. The number of nitrogens with two attached hydrogens (primary N) is 1.